The number of nitrogens with zero attached hydrogens (tertiary/aromatic N) is 2. The van der Waals surface area contributed by atoms with Crippen molar-refractivity contribution in [1.29, 1.82) is 0 Å². The average molecular weight is 302 g/mol. The highest BCUT2D eigenvalue weighted by atomic mass is 79.9. The second-order valence-corrected chi connectivity index (χ2v) is 4.52. The average Bonchev–Trinajstić information content (AvgIpc) is 2.67. The van der Waals surface area contributed by atoms with Crippen LogP contribution in [0.1, 0.15) is 5.56 Å². The Labute approximate surface area is 107 Å². The molecule has 0 atom stereocenters. The van der Waals surface area contributed by atoms with Crippen molar-refractivity contribution >= 4 is 27.5 Å². The van der Waals surface area contributed by atoms with Crippen LogP contribution >= 0.6 is 27.5 Å². The minimum absolute atomic E-state index is 0.412. The molecule has 2 aromatic rings. The molecule has 0 bridgehead atoms. The maximum Gasteiger partial charge on any atom is 0.165 e. The summed E-state index contributed by atoms with van der Waals surface area (Å²) in [5, 5.41) is 4.04. The molecule has 0 saturated heterocycles. The van der Waals surface area contributed by atoms with Gasteiger partial charge in [0.2, 0.25) is 0 Å². The molecule has 2 rings (SSSR count). The number of aryl methyl sites for hydroxylation is 1. The summed E-state index contributed by atoms with van der Waals surface area (Å²) in [4.78, 5) is 0. The highest BCUT2D eigenvalue weighted by Gasteiger charge is 2.06. The van der Waals surface area contributed by atoms with Gasteiger partial charge in [-0.05, 0) is 18.2 Å². The Balaban J connectivity index is 2.27. The molecule has 1 aromatic carbocycles. The minimum atomic E-state index is 0.412. The van der Waals surface area contributed by atoms with Gasteiger partial charge in [0.25, 0.3) is 0 Å². The topological polar surface area (TPSA) is 27.1 Å². The van der Waals surface area contributed by atoms with Gasteiger partial charge >= 0.3 is 0 Å². The van der Waals surface area contributed by atoms with Gasteiger partial charge in [-0.2, -0.15) is 5.10 Å². The van der Waals surface area contributed by atoms with Gasteiger partial charge in [-0.25, -0.2) is 0 Å². The summed E-state index contributed by atoms with van der Waals surface area (Å²) in [6, 6.07) is 5.75. The zero-order valence-corrected chi connectivity index (χ0v) is 11.0. The number of aromatic nitrogens is 2. The Kier molecular flexibility index (Phi) is 3.51. The zero-order valence-electron chi connectivity index (χ0n) is 8.65. The first-order valence-corrected chi connectivity index (χ1v) is 6.02. The molecule has 0 fully saturated rings. The van der Waals surface area contributed by atoms with Crippen molar-refractivity contribution in [3.63, 3.8) is 0 Å². The summed E-state index contributed by atoms with van der Waals surface area (Å²) in [7, 11) is 1.84. The van der Waals surface area contributed by atoms with Crippen LogP contribution in [0.2, 0.25) is 0 Å². The Morgan fingerprint density at radius 3 is 2.94 bits per heavy atom. The Hall–Kier alpha value is -1.00. The van der Waals surface area contributed by atoms with E-state index in [9.17, 15) is 0 Å². The molecule has 0 radical (unpaired) electrons. The van der Waals surface area contributed by atoms with Crippen molar-refractivity contribution in [2.75, 3.05) is 0 Å². The maximum atomic E-state index is 5.85. The van der Waals surface area contributed by atoms with Gasteiger partial charge in [-0.15, -0.1) is 11.6 Å². The Morgan fingerprint density at radius 1 is 1.50 bits per heavy atom. The standard InChI is InChI=1S/C11H10BrClN2O/c1-15-7-10(6-14-15)16-11-3-2-9(12)4-8(11)5-13/h2-4,6-7H,5H2,1H3. The monoisotopic (exact) mass is 300 g/mol. The van der Waals surface area contributed by atoms with E-state index in [2.05, 4.69) is 21.0 Å². The van der Waals surface area contributed by atoms with Crippen LogP contribution < -0.4 is 4.74 Å². The van der Waals surface area contributed by atoms with Gasteiger partial charge in [0.05, 0.1) is 18.3 Å². The van der Waals surface area contributed by atoms with E-state index in [0.717, 1.165) is 15.8 Å². The predicted molar refractivity (Wildman–Crippen MR) is 67.0 cm³/mol. The fourth-order valence-electron chi connectivity index (χ4n) is 1.33. The van der Waals surface area contributed by atoms with Crippen LogP contribution in [0.3, 0.4) is 0 Å². The van der Waals surface area contributed by atoms with Crippen LogP contribution in [0, 0.1) is 0 Å². The molecule has 0 aliphatic rings. The first-order chi connectivity index (χ1) is 7.69. The number of rotatable bonds is 3. The van der Waals surface area contributed by atoms with Gasteiger partial charge in [-0.3, -0.25) is 4.68 Å². The van der Waals surface area contributed by atoms with E-state index in [1.54, 1.807) is 17.1 Å². The van der Waals surface area contributed by atoms with Crippen LogP contribution in [0.15, 0.2) is 35.1 Å². The van der Waals surface area contributed by atoms with Gasteiger partial charge in [0, 0.05) is 17.1 Å². The summed E-state index contributed by atoms with van der Waals surface area (Å²) in [6.45, 7) is 0. The van der Waals surface area contributed by atoms with E-state index in [-0.39, 0.29) is 0 Å². The fourth-order valence-corrected chi connectivity index (χ4v) is 1.95. The van der Waals surface area contributed by atoms with Crippen LogP contribution in [0.4, 0.5) is 0 Å². The van der Waals surface area contributed by atoms with E-state index in [1.165, 1.54) is 0 Å². The van der Waals surface area contributed by atoms with Crippen molar-refractivity contribution in [2.24, 2.45) is 7.05 Å². The predicted octanol–water partition coefficient (Wildman–Crippen LogP) is 3.71. The number of ether oxygens (including phenoxy) is 1. The summed E-state index contributed by atoms with van der Waals surface area (Å²) in [5.74, 6) is 1.87. The molecule has 5 heteroatoms. The van der Waals surface area contributed by atoms with Crippen molar-refractivity contribution in [3.8, 4) is 11.5 Å². The Morgan fingerprint density at radius 2 is 2.31 bits per heavy atom. The highest BCUT2D eigenvalue weighted by Crippen LogP contribution is 2.28. The van der Waals surface area contributed by atoms with E-state index in [4.69, 9.17) is 16.3 Å². The molecule has 0 N–H and O–H groups in total. The number of benzene rings is 1. The van der Waals surface area contributed by atoms with Crippen molar-refractivity contribution in [1.82, 2.24) is 9.78 Å². The second kappa shape index (κ2) is 4.89. The molecule has 1 heterocycles. The first-order valence-electron chi connectivity index (χ1n) is 4.70. The summed E-state index contributed by atoms with van der Waals surface area (Å²) in [6.07, 6.45) is 3.47. The molecule has 0 aliphatic carbocycles. The zero-order chi connectivity index (χ0) is 11.5. The van der Waals surface area contributed by atoms with Gasteiger partial charge in [0.15, 0.2) is 5.75 Å². The molecular formula is C11H10BrClN2O. The minimum Gasteiger partial charge on any atom is -0.454 e. The number of hydrogen-bond donors (Lipinski definition) is 0. The van der Waals surface area contributed by atoms with Crippen LogP contribution in [-0.2, 0) is 12.9 Å². The molecule has 1 aromatic heterocycles. The van der Waals surface area contributed by atoms with Crippen LogP contribution in [0.25, 0.3) is 0 Å². The normalized spacial score (nSPS) is 10.4. The van der Waals surface area contributed by atoms with Crippen molar-refractivity contribution in [3.05, 3.63) is 40.6 Å². The third-order valence-corrected chi connectivity index (χ3v) is 2.86. The quantitative estimate of drug-likeness (QED) is 0.808. The molecule has 0 amide bonds. The molecule has 3 nitrogen and oxygen atoms in total. The molecule has 16 heavy (non-hydrogen) atoms. The van der Waals surface area contributed by atoms with E-state index in [1.807, 2.05) is 25.2 Å². The molecule has 0 unspecified atom stereocenters. The molecule has 84 valence electrons. The number of alkyl halides is 1. The second-order valence-electron chi connectivity index (χ2n) is 3.34. The SMILES string of the molecule is Cn1cc(Oc2ccc(Br)cc2CCl)cn1. The van der Waals surface area contributed by atoms with Gasteiger partial charge in [-0.1, -0.05) is 15.9 Å². The largest absolute Gasteiger partial charge is 0.454 e. The van der Waals surface area contributed by atoms with E-state index >= 15 is 0 Å². The van der Waals surface area contributed by atoms with Crippen LogP contribution in [0.5, 0.6) is 11.5 Å². The maximum absolute atomic E-state index is 5.85. The van der Waals surface area contributed by atoms with E-state index < -0.39 is 0 Å². The van der Waals surface area contributed by atoms with Gasteiger partial charge < -0.3 is 4.74 Å². The molecule has 0 saturated carbocycles. The van der Waals surface area contributed by atoms with Crippen molar-refractivity contribution in [2.45, 2.75) is 5.88 Å². The van der Waals surface area contributed by atoms with Gasteiger partial charge in [0.1, 0.15) is 5.75 Å². The number of halogens is 2. The van der Waals surface area contributed by atoms with Crippen molar-refractivity contribution < 1.29 is 4.74 Å². The third kappa shape index (κ3) is 2.57. The third-order valence-electron chi connectivity index (χ3n) is 2.08. The van der Waals surface area contributed by atoms with Crippen LogP contribution in [-0.4, -0.2) is 9.78 Å². The summed E-state index contributed by atoms with van der Waals surface area (Å²) in [5.41, 5.74) is 0.944. The molecular weight excluding hydrogens is 291 g/mol. The summed E-state index contributed by atoms with van der Waals surface area (Å²) >= 11 is 9.25. The Bertz CT molecular complexity index is 498. The smallest absolute Gasteiger partial charge is 0.165 e. The van der Waals surface area contributed by atoms with E-state index in [0.29, 0.717) is 11.6 Å². The molecule has 0 aliphatic heterocycles. The highest BCUT2D eigenvalue weighted by molar-refractivity contribution is 9.10. The lowest BCUT2D eigenvalue weighted by Crippen LogP contribution is -1.89. The lowest BCUT2D eigenvalue weighted by molar-refractivity contribution is 0.477. The fraction of sp³-hybridized carbons (Fsp3) is 0.182. The number of hydrogen-bond acceptors (Lipinski definition) is 2. The summed E-state index contributed by atoms with van der Waals surface area (Å²) < 4.78 is 8.36. The molecule has 0 spiro atoms. The lowest BCUT2D eigenvalue weighted by Gasteiger charge is -2.07. The first kappa shape index (κ1) is 11.5. The lowest BCUT2D eigenvalue weighted by atomic mass is 10.2.